The third-order valence-corrected chi connectivity index (χ3v) is 2.58. The first-order chi connectivity index (χ1) is 8.58. The number of aryl methyl sites for hydroxylation is 3. The zero-order valence-electron chi connectivity index (χ0n) is 11.5. The number of anilines is 2. The summed E-state index contributed by atoms with van der Waals surface area (Å²) in [4.78, 5) is 8.61. The summed E-state index contributed by atoms with van der Waals surface area (Å²) in [5, 5.41) is 3.27. The Labute approximate surface area is 119 Å². The van der Waals surface area contributed by atoms with E-state index in [4.69, 9.17) is 4.74 Å². The Kier molecular flexibility index (Phi) is 5.12. The van der Waals surface area contributed by atoms with E-state index < -0.39 is 0 Å². The van der Waals surface area contributed by atoms with E-state index in [-0.39, 0.29) is 12.4 Å². The third kappa shape index (κ3) is 3.83. The van der Waals surface area contributed by atoms with E-state index >= 15 is 0 Å². The first kappa shape index (κ1) is 15.2. The maximum Gasteiger partial charge on any atom is 0.142 e. The van der Waals surface area contributed by atoms with Crippen LogP contribution in [0.15, 0.2) is 24.3 Å². The number of rotatable bonds is 3. The smallest absolute Gasteiger partial charge is 0.142 e. The van der Waals surface area contributed by atoms with Crippen LogP contribution in [0.3, 0.4) is 0 Å². The molecule has 0 atom stereocenters. The number of benzene rings is 1. The molecule has 0 unspecified atom stereocenters. The topological polar surface area (TPSA) is 47.0 Å². The molecular formula is C14H17ClN3O-. The highest BCUT2D eigenvalue weighted by molar-refractivity contribution is 5.65. The highest BCUT2D eigenvalue weighted by Crippen LogP contribution is 2.27. The number of ether oxygens (including phenoxy) is 1. The molecule has 0 aliphatic carbocycles. The van der Waals surface area contributed by atoms with Crippen LogP contribution in [0, 0.1) is 20.8 Å². The van der Waals surface area contributed by atoms with Gasteiger partial charge in [-0.05, 0) is 38.5 Å². The lowest BCUT2D eigenvalue weighted by Gasteiger charge is -2.12. The Balaban J connectivity index is 0.00000180. The number of halogens is 1. The zero-order chi connectivity index (χ0) is 13.1. The predicted octanol–water partition coefficient (Wildman–Crippen LogP) is 0.158. The monoisotopic (exact) mass is 278 g/mol. The molecule has 4 nitrogen and oxygen atoms in total. The van der Waals surface area contributed by atoms with Crippen molar-refractivity contribution in [2.45, 2.75) is 20.8 Å². The SMILES string of the molecule is COc1ccc(C)cc1Nc1cc(C)nc(C)n1.[Cl-]. The summed E-state index contributed by atoms with van der Waals surface area (Å²) < 4.78 is 5.33. The Morgan fingerprint density at radius 1 is 1.05 bits per heavy atom. The van der Waals surface area contributed by atoms with Crippen molar-refractivity contribution in [3.8, 4) is 5.75 Å². The van der Waals surface area contributed by atoms with Gasteiger partial charge in [-0.3, -0.25) is 0 Å². The Hall–Kier alpha value is -1.81. The summed E-state index contributed by atoms with van der Waals surface area (Å²) in [6, 6.07) is 7.90. The van der Waals surface area contributed by atoms with E-state index in [9.17, 15) is 0 Å². The van der Waals surface area contributed by atoms with Gasteiger partial charge in [0.15, 0.2) is 0 Å². The lowest BCUT2D eigenvalue weighted by molar-refractivity contribution is -0.00000445. The zero-order valence-corrected chi connectivity index (χ0v) is 12.2. The number of aromatic nitrogens is 2. The normalized spacial score (nSPS) is 9.68. The standard InChI is InChI=1S/C14H17N3O.ClH/c1-9-5-6-13(18-4)12(7-9)17-14-8-10(2)15-11(3)16-14;/h5-8H,1-4H3,(H,15,16,17);1H/p-1. The van der Waals surface area contributed by atoms with Crippen LogP contribution in [0.4, 0.5) is 11.5 Å². The van der Waals surface area contributed by atoms with Crippen LogP contribution in [-0.4, -0.2) is 17.1 Å². The summed E-state index contributed by atoms with van der Waals surface area (Å²) in [6.45, 7) is 5.88. The minimum absolute atomic E-state index is 0. The van der Waals surface area contributed by atoms with Gasteiger partial charge in [0, 0.05) is 11.8 Å². The van der Waals surface area contributed by atoms with E-state index in [1.54, 1.807) is 7.11 Å². The fraction of sp³-hybridized carbons (Fsp3) is 0.286. The molecule has 0 aliphatic heterocycles. The summed E-state index contributed by atoms with van der Waals surface area (Å²) in [6.07, 6.45) is 0. The molecule has 0 fully saturated rings. The second-order valence-electron chi connectivity index (χ2n) is 4.27. The van der Waals surface area contributed by atoms with Crippen LogP contribution in [0.2, 0.25) is 0 Å². The molecule has 0 saturated heterocycles. The van der Waals surface area contributed by atoms with Crippen LogP contribution in [-0.2, 0) is 0 Å². The first-order valence-electron chi connectivity index (χ1n) is 5.82. The molecule has 5 heteroatoms. The van der Waals surface area contributed by atoms with E-state index in [0.717, 1.165) is 28.8 Å². The van der Waals surface area contributed by atoms with Crippen molar-refractivity contribution in [3.63, 3.8) is 0 Å². The van der Waals surface area contributed by atoms with E-state index in [0.29, 0.717) is 0 Å². The maximum atomic E-state index is 5.33. The van der Waals surface area contributed by atoms with Crippen molar-refractivity contribution >= 4 is 11.5 Å². The molecule has 2 aromatic rings. The highest BCUT2D eigenvalue weighted by Gasteiger charge is 2.05. The molecule has 19 heavy (non-hydrogen) atoms. The third-order valence-electron chi connectivity index (χ3n) is 2.58. The van der Waals surface area contributed by atoms with Crippen molar-refractivity contribution in [2.24, 2.45) is 0 Å². The van der Waals surface area contributed by atoms with Crippen LogP contribution in [0.5, 0.6) is 5.75 Å². The lowest BCUT2D eigenvalue weighted by Crippen LogP contribution is -3.00. The average Bonchev–Trinajstić information content (AvgIpc) is 2.27. The van der Waals surface area contributed by atoms with Crippen molar-refractivity contribution in [1.29, 1.82) is 0 Å². The van der Waals surface area contributed by atoms with E-state index in [2.05, 4.69) is 15.3 Å². The fourth-order valence-electron chi connectivity index (χ4n) is 1.84. The van der Waals surface area contributed by atoms with Gasteiger partial charge in [0.1, 0.15) is 17.4 Å². The molecule has 1 heterocycles. The predicted molar refractivity (Wildman–Crippen MR) is 72.5 cm³/mol. The summed E-state index contributed by atoms with van der Waals surface area (Å²) in [5.41, 5.74) is 3.02. The van der Waals surface area contributed by atoms with Gasteiger partial charge in [-0.15, -0.1) is 0 Å². The van der Waals surface area contributed by atoms with Gasteiger partial charge in [-0.1, -0.05) is 6.07 Å². The molecule has 2 rings (SSSR count). The van der Waals surface area contributed by atoms with E-state index in [1.165, 1.54) is 5.56 Å². The molecule has 1 N–H and O–H groups in total. The van der Waals surface area contributed by atoms with Crippen molar-refractivity contribution in [1.82, 2.24) is 9.97 Å². The van der Waals surface area contributed by atoms with Crippen LogP contribution >= 0.6 is 0 Å². The van der Waals surface area contributed by atoms with Crippen LogP contribution in [0.1, 0.15) is 17.1 Å². The van der Waals surface area contributed by atoms with Crippen LogP contribution < -0.4 is 22.5 Å². The van der Waals surface area contributed by atoms with Gasteiger partial charge in [-0.2, -0.15) is 0 Å². The average molecular weight is 279 g/mol. The second-order valence-corrected chi connectivity index (χ2v) is 4.27. The van der Waals surface area contributed by atoms with Gasteiger partial charge < -0.3 is 22.5 Å². The maximum absolute atomic E-state index is 5.33. The largest absolute Gasteiger partial charge is 1.00 e. The molecule has 0 radical (unpaired) electrons. The Morgan fingerprint density at radius 3 is 2.42 bits per heavy atom. The van der Waals surface area contributed by atoms with Crippen molar-refractivity contribution in [3.05, 3.63) is 41.3 Å². The molecule has 0 saturated carbocycles. The first-order valence-corrected chi connectivity index (χ1v) is 5.82. The molecule has 102 valence electrons. The summed E-state index contributed by atoms with van der Waals surface area (Å²) in [7, 11) is 1.66. The number of nitrogens with one attached hydrogen (secondary N) is 1. The highest BCUT2D eigenvalue weighted by atomic mass is 35.5. The van der Waals surface area contributed by atoms with Gasteiger partial charge in [0.2, 0.25) is 0 Å². The van der Waals surface area contributed by atoms with Gasteiger partial charge in [0.25, 0.3) is 0 Å². The molecular weight excluding hydrogens is 262 g/mol. The minimum atomic E-state index is 0. The second kappa shape index (κ2) is 6.38. The van der Waals surface area contributed by atoms with Crippen molar-refractivity contribution in [2.75, 3.05) is 12.4 Å². The van der Waals surface area contributed by atoms with E-state index in [1.807, 2.05) is 45.0 Å². The number of hydrogen-bond donors (Lipinski definition) is 1. The fourth-order valence-corrected chi connectivity index (χ4v) is 1.84. The van der Waals surface area contributed by atoms with Gasteiger partial charge in [0.05, 0.1) is 12.8 Å². The summed E-state index contributed by atoms with van der Waals surface area (Å²) >= 11 is 0. The van der Waals surface area contributed by atoms with Crippen molar-refractivity contribution < 1.29 is 17.1 Å². The molecule has 1 aromatic heterocycles. The number of methoxy groups -OCH3 is 1. The molecule has 1 aromatic carbocycles. The lowest BCUT2D eigenvalue weighted by atomic mass is 10.2. The Morgan fingerprint density at radius 2 is 1.79 bits per heavy atom. The Bertz CT molecular complexity index is 552. The minimum Gasteiger partial charge on any atom is -1.00 e. The number of nitrogens with zero attached hydrogens (tertiary/aromatic N) is 2. The molecule has 0 spiro atoms. The van der Waals surface area contributed by atoms with Gasteiger partial charge in [-0.25, -0.2) is 9.97 Å². The molecule has 0 bridgehead atoms. The van der Waals surface area contributed by atoms with Crippen LogP contribution in [0.25, 0.3) is 0 Å². The number of hydrogen-bond acceptors (Lipinski definition) is 4. The molecule has 0 amide bonds. The molecule has 0 aliphatic rings. The summed E-state index contributed by atoms with van der Waals surface area (Å²) in [5.74, 6) is 2.34. The van der Waals surface area contributed by atoms with Gasteiger partial charge >= 0.3 is 0 Å². The quantitative estimate of drug-likeness (QED) is 0.869.